The Kier molecular flexibility index (Phi) is 7.17. The molecule has 0 spiro atoms. The minimum atomic E-state index is 0.834. The van der Waals surface area contributed by atoms with Crippen molar-refractivity contribution in [2.24, 2.45) is 4.99 Å². The van der Waals surface area contributed by atoms with Crippen LogP contribution < -0.4 is 0 Å². The molecule has 220 valence electrons. The summed E-state index contributed by atoms with van der Waals surface area (Å²) < 4.78 is 4.88. The molecule has 0 amide bonds. The van der Waals surface area contributed by atoms with Crippen LogP contribution in [0.25, 0.3) is 69.6 Å². The topological polar surface area (TPSA) is 17.3 Å². The third-order valence-electron chi connectivity index (χ3n) is 8.70. The van der Waals surface area contributed by atoms with Crippen LogP contribution >= 0.6 is 24.0 Å². The molecule has 2 aromatic heterocycles. The highest BCUT2D eigenvalue weighted by molar-refractivity contribution is 7.80. The van der Waals surface area contributed by atoms with Gasteiger partial charge in [0.2, 0.25) is 0 Å². The molecule has 0 bridgehead atoms. The number of thiophene rings is 1. The fourth-order valence-corrected chi connectivity index (χ4v) is 7.96. The molecule has 0 fully saturated rings. The van der Waals surface area contributed by atoms with Gasteiger partial charge in [0.05, 0.1) is 16.7 Å². The summed E-state index contributed by atoms with van der Waals surface area (Å²) in [5.74, 6) is 0. The first-order valence-electron chi connectivity index (χ1n) is 15.3. The van der Waals surface area contributed by atoms with Crippen LogP contribution in [0.15, 0.2) is 155 Å². The van der Waals surface area contributed by atoms with Gasteiger partial charge in [-0.25, -0.2) is 0 Å². The Hall–Kier alpha value is -5.16. The molecular formula is C42H30N2S2. The van der Waals surface area contributed by atoms with Crippen molar-refractivity contribution in [1.82, 2.24) is 4.57 Å². The molecule has 2 heterocycles. The molecule has 0 saturated heterocycles. The van der Waals surface area contributed by atoms with Crippen LogP contribution in [0.1, 0.15) is 5.56 Å². The van der Waals surface area contributed by atoms with Crippen molar-refractivity contribution in [3.05, 3.63) is 151 Å². The molecular weight excluding hydrogens is 597 g/mol. The van der Waals surface area contributed by atoms with Gasteiger partial charge in [-0.3, -0.25) is 4.99 Å². The quantitative estimate of drug-likeness (QED) is 0.148. The Morgan fingerprint density at radius 1 is 0.587 bits per heavy atom. The normalized spacial score (nSPS) is 11.3. The lowest BCUT2D eigenvalue weighted by Gasteiger charge is -2.08. The van der Waals surface area contributed by atoms with E-state index in [1.807, 2.05) is 12.1 Å². The van der Waals surface area contributed by atoms with Crippen molar-refractivity contribution in [2.45, 2.75) is 11.8 Å². The highest BCUT2D eigenvalue weighted by Gasteiger charge is 2.13. The lowest BCUT2D eigenvalue weighted by Crippen LogP contribution is -1.93. The summed E-state index contributed by atoms with van der Waals surface area (Å²) in [5.41, 5.74) is 8.29. The first-order chi connectivity index (χ1) is 22.6. The van der Waals surface area contributed by atoms with Crippen LogP contribution in [0.2, 0.25) is 0 Å². The third-order valence-corrected chi connectivity index (χ3v) is 10.3. The average Bonchev–Trinajstić information content (AvgIpc) is 3.64. The van der Waals surface area contributed by atoms with Gasteiger partial charge in [0.1, 0.15) is 0 Å². The summed E-state index contributed by atoms with van der Waals surface area (Å²) >= 11 is 6.47. The predicted molar refractivity (Wildman–Crippen MR) is 204 cm³/mol. The van der Waals surface area contributed by atoms with Crippen molar-refractivity contribution in [3.63, 3.8) is 0 Å². The Morgan fingerprint density at radius 3 is 2.07 bits per heavy atom. The zero-order valence-electron chi connectivity index (χ0n) is 25.3. The number of hydrogen-bond acceptors (Lipinski definition) is 3. The van der Waals surface area contributed by atoms with Crippen molar-refractivity contribution in [1.29, 1.82) is 0 Å². The molecule has 0 aliphatic carbocycles. The number of rotatable bonds is 3. The van der Waals surface area contributed by atoms with Crippen molar-refractivity contribution in [3.8, 4) is 16.8 Å². The maximum Gasteiger partial charge on any atom is 0.0762 e. The van der Waals surface area contributed by atoms with Gasteiger partial charge in [0.25, 0.3) is 0 Å². The lowest BCUT2D eigenvalue weighted by atomic mass is 10.0. The number of aliphatic imine (C=N–C) groups is 1. The minimum Gasteiger partial charge on any atom is -0.309 e. The van der Waals surface area contributed by atoms with Gasteiger partial charge >= 0.3 is 0 Å². The Balaban J connectivity index is 0.000000136. The largest absolute Gasteiger partial charge is 0.309 e. The fraction of sp³-hybridized carbons (Fsp3) is 0.0238. The zero-order chi connectivity index (χ0) is 31.2. The molecule has 0 N–H and O–H groups in total. The molecule has 0 atom stereocenters. The van der Waals surface area contributed by atoms with Crippen LogP contribution in [0.4, 0.5) is 5.69 Å². The Labute approximate surface area is 277 Å². The number of aryl methyl sites for hydroxylation is 1. The van der Waals surface area contributed by atoms with Crippen LogP contribution in [-0.2, 0) is 0 Å². The Morgan fingerprint density at radius 2 is 1.28 bits per heavy atom. The summed E-state index contributed by atoms with van der Waals surface area (Å²) in [7, 11) is 0. The number of fused-ring (bicyclic) bond motifs is 7. The van der Waals surface area contributed by atoms with E-state index in [-0.39, 0.29) is 0 Å². The number of thiol groups is 1. The molecule has 4 heteroatoms. The summed E-state index contributed by atoms with van der Waals surface area (Å²) in [6.07, 6.45) is 0. The maximum atomic E-state index is 4.68. The summed E-state index contributed by atoms with van der Waals surface area (Å²) in [6, 6.07) is 51.8. The molecule has 0 unspecified atom stereocenters. The van der Waals surface area contributed by atoms with Gasteiger partial charge in [-0.1, -0.05) is 96.6 Å². The molecule has 0 aliphatic rings. The second-order valence-electron chi connectivity index (χ2n) is 11.5. The van der Waals surface area contributed by atoms with E-state index >= 15 is 0 Å². The van der Waals surface area contributed by atoms with E-state index in [1.165, 1.54) is 75.1 Å². The summed E-state index contributed by atoms with van der Waals surface area (Å²) in [6.45, 7) is 5.76. The van der Waals surface area contributed by atoms with Gasteiger partial charge in [0.15, 0.2) is 0 Å². The van der Waals surface area contributed by atoms with Crippen molar-refractivity contribution >= 4 is 89.1 Å². The van der Waals surface area contributed by atoms with Gasteiger partial charge in [0, 0.05) is 41.5 Å². The molecule has 0 aliphatic heterocycles. The molecule has 0 saturated carbocycles. The van der Waals surface area contributed by atoms with E-state index in [9.17, 15) is 0 Å². The fourth-order valence-electron chi connectivity index (χ4n) is 6.40. The standard InChI is InChI=1S/C23H17N.C19H13NS2/c1-16-10-12-19(13-11-16)24-22-9-5-4-8-20(22)21-14-17-6-2-3-7-18(17)15-23(21)24;1-20-15-8-10-17-18(19(15)21)14-11-13(7-9-16(14)22-17)12-5-3-2-4-6-12/h2-15H,1H3;2-11,21H,1H2. The zero-order valence-corrected chi connectivity index (χ0v) is 27.0. The van der Waals surface area contributed by atoms with Gasteiger partial charge in [-0.15, -0.1) is 24.0 Å². The monoisotopic (exact) mass is 626 g/mol. The average molecular weight is 627 g/mol. The number of aromatic nitrogens is 1. The number of nitrogens with zero attached hydrogens (tertiary/aromatic N) is 2. The molecule has 2 nitrogen and oxygen atoms in total. The number of benzene rings is 7. The first kappa shape index (κ1) is 28.3. The molecule has 46 heavy (non-hydrogen) atoms. The van der Waals surface area contributed by atoms with Gasteiger partial charge in [-0.05, 0) is 90.1 Å². The SMILES string of the molecule is C=Nc1ccc2sc3ccc(-c4ccccc4)cc3c2c1S.Cc1ccc(-n2c3ccccc3c3cc4ccccc4cc32)cc1. The number of hydrogen-bond donors (Lipinski definition) is 1. The Bertz CT molecular complexity index is 2560. The van der Waals surface area contributed by atoms with Crippen molar-refractivity contribution < 1.29 is 0 Å². The van der Waals surface area contributed by atoms with E-state index in [0.29, 0.717) is 0 Å². The van der Waals surface area contributed by atoms with E-state index < -0.39 is 0 Å². The van der Waals surface area contributed by atoms with Crippen LogP contribution in [-0.4, -0.2) is 11.3 Å². The van der Waals surface area contributed by atoms with Crippen molar-refractivity contribution in [2.75, 3.05) is 0 Å². The highest BCUT2D eigenvalue weighted by atomic mass is 32.1. The minimum absolute atomic E-state index is 0.834. The van der Waals surface area contributed by atoms with E-state index in [0.717, 1.165) is 10.6 Å². The van der Waals surface area contributed by atoms with Crippen LogP contribution in [0.5, 0.6) is 0 Å². The predicted octanol–water partition coefficient (Wildman–Crippen LogP) is 12.6. The van der Waals surface area contributed by atoms with Crippen LogP contribution in [0.3, 0.4) is 0 Å². The third kappa shape index (κ3) is 4.87. The second kappa shape index (κ2) is 11.6. The maximum absolute atomic E-state index is 4.68. The smallest absolute Gasteiger partial charge is 0.0762 e. The summed E-state index contributed by atoms with van der Waals surface area (Å²) in [5, 5.41) is 7.59. The highest BCUT2D eigenvalue weighted by Crippen LogP contribution is 2.42. The number of para-hydroxylation sites is 1. The summed E-state index contributed by atoms with van der Waals surface area (Å²) in [4.78, 5) is 4.97. The van der Waals surface area contributed by atoms with Gasteiger partial charge in [-0.2, -0.15) is 0 Å². The lowest BCUT2D eigenvalue weighted by molar-refractivity contribution is 1.18. The van der Waals surface area contributed by atoms with Gasteiger partial charge < -0.3 is 4.57 Å². The molecule has 7 aromatic carbocycles. The van der Waals surface area contributed by atoms with Crippen LogP contribution in [0, 0.1) is 6.92 Å². The first-order valence-corrected chi connectivity index (χ1v) is 16.5. The van der Waals surface area contributed by atoms with E-state index in [1.54, 1.807) is 11.3 Å². The van der Waals surface area contributed by atoms with E-state index in [2.05, 4.69) is 169 Å². The van der Waals surface area contributed by atoms with E-state index in [4.69, 9.17) is 0 Å². The second-order valence-corrected chi connectivity index (χ2v) is 13.1. The molecule has 0 radical (unpaired) electrons. The molecule has 9 aromatic rings. The molecule has 9 rings (SSSR count).